The van der Waals surface area contributed by atoms with E-state index >= 15 is 0 Å². The monoisotopic (exact) mass is 273 g/mol. The molecule has 1 unspecified atom stereocenters. The van der Waals surface area contributed by atoms with Crippen molar-refractivity contribution < 1.29 is 4.79 Å². The second kappa shape index (κ2) is 5.44. The summed E-state index contributed by atoms with van der Waals surface area (Å²) in [6.45, 7) is 0. The Morgan fingerprint density at radius 3 is 2.70 bits per heavy atom. The van der Waals surface area contributed by atoms with Crippen molar-refractivity contribution in [2.45, 2.75) is 44.2 Å². The summed E-state index contributed by atoms with van der Waals surface area (Å²) in [6.07, 6.45) is 6.59. The Hall–Kier alpha value is -1.55. The Kier molecular flexibility index (Phi) is 3.66. The molecule has 1 heterocycles. The third kappa shape index (κ3) is 2.29. The number of likely N-dealkylation sites (N-methyl/N-ethyl adjacent to an activating group) is 1. The van der Waals surface area contributed by atoms with Crippen molar-refractivity contribution in [2.24, 2.45) is 0 Å². The maximum absolute atomic E-state index is 11.9. The lowest BCUT2D eigenvalue weighted by atomic mass is 9.94. The first-order valence-electron chi connectivity index (χ1n) is 7.55. The van der Waals surface area contributed by atoms with Gasteiger partial charge in [0.15, 0.2) is 0 Å². The smallest absolute Gasteiger partial charge is 0.246 e. The highest BCUT2D eigenvalue weighted by Crippen LogP contribution is 2.35. The third-order valence-corrected chi connectivity index (χ3v) is 4.69. The normalized spacial score (nSPS) is 22.5. The number of carbonyl (C=O) groups is 1. The second-order valence-electron chi connectivity index (χ2n) is 5.89. The lowest BCUT2D eigenvalue weighted by Crippen LogP contribution is -2.33. The number of nitrogens with zero attached hydrogens (tertiary/aromatic N) is 1. The van der Waals surface area contributed by atoms with E-state index in [9.17, 15) is 4.79 Å². The van der Waals surface area contributed by atoms with Crippen LogP contribution in [0.2, 0.25) is 0 Å². The summed E-state index contributed by atoms with van der Waals surface area (Å²) in [6, 6.07) is 6.75. The van der Waals surface area contributed by atoms with Gasteiger partial charge in [-0.05, 0) is 32.0 Å². The van der Waals surface area contributed by atoms with Crippen LogP contribution >= 0.6 is 0 Å². The van der Waals surface area contributed by atoms with Crippen LogP contribution in [0.15, 0.2) is 18.2 Å². The van der Waals surface area contributed by atoms with Gasteiger partial charge in [0.05, 0.1) is 0 Å². The molecule has 1 aromatic rings. The Morgan fingerprint density at radius 2 is 2.00 bits per heavy atom. The molecule has 1 amide bonds. The lowest BCUT2D eigenvalue weighted by molar-refractivity contribution is -0.117. The molecule has 1 aliphatic heterocycles. The summed E-state index contributed by atoms with van der Waals surface area (Å²) in [4.78, 5) is 14.2. The molecule has 4 heteroatoms. The molecule has 0 bridgehead atoms. The number of amides is 1. The van der Waals surface area contributed by atoms with Crippen LogP contribution in [0.5, 0.6) is 0 Å². The van der Waals surface area contributed by atoms with Crippen molar-refractivity contribution in [2.75, 3.05) is 24.3 Å². The van der Waals surface area contributed by atoms with Gasteiger partial charge in [-0.1, -0.05) is 25.3 Å². The summed E-state index contributed by atoms with van der Waals surface area (Å²) in [5.41, 5.74) is 3.21. The van der Waals surface area contributed by atoms with E-state index in [0.717, 1.165) is 11.3 Å². The predicted molar refractivity (Wildman–Crippen MR) is 82.1 cm³/mol. The van der Waals surface area contributed by atoms with E-state index in [1.165, 1.54) is 37.8 Å². The van der Waals surface area contributed by atoms with Crippen molar-refractivity contribution in [3.63, 3.8) is 0 Å². The lowest BCUT2D eigenvalue weighted by Gasteiger charge is -2.33. The fourth-order valence-electron chi connectivity index (χ4n) is 3.44. The molecule has 0 spiro atoms. The third-order valence-electron chi connectivity index (χ3n) is 4.69. The molecule has 108 valence electrons. The highest BCUT2D eigenvalue weighted by atomic mass is 16.2. The number of rotatable bonds is 3. The largest absolute Gasteiger partial charge is 0.372 e. The number of hydrogen-bond donors (Lipinski definition) is 2. The van der Waals surface area contributed by atoms with Crippen molar-refractivity contribution in [3.8, 4) is 0 Å². The van der Waals surface area contributed by atoms with Gasteiger partial charge in [-0.25, -0.2) is 0 Å². The standard InChI is InChI=1S/C16H23N3O/c1-17-15-13-9-8-12(10-14(13)18-16(15)20)19(2)11-6-4-3-5-7-11/h8-11,15,17H,3-7H2,1-2H3,(H,18,20). The first kappa shape index (κ1) is 13.4. The molecule has 1 aliphatic carbocycles. The Labute approximate surface area is 120 Å². The predicted octanol–water partition coefficient (Wildman–Crippen LogP) is 2.67. The summed E-state index contributed by atoms with van der Waals surface area (Å²) in [7, 11) is 3.99. The van der Waals surface area contributed by atoms with Crippen LogP contribution in [-0.2, 0) is 4.79 Å². The fourth-order valence-corrected chi connectivity index (χ4v) is 3.44. The van der Waals surface area contributed by atoms with Crippen molar-refractivity contribution in [3.05, 3.63) is 23.8 Å². The van der Waals surface area contributed by atoms with Gasteiger partial charge in [-0.2, -0.15) is 0 Å². The van der Waals surface area contributed by atoms with Gasteiger partial charge in [-0.15, -0.1) is 0 Å². The number of hydrogen-bond acceptors (Lipinski definition) is 3. The molecule has 0 radical (unpaired) electrons. The topological polar surface area (TPSA) is 44.4 Å². The molecule has 2 N–H and O–H groups in total. The molecule has 20 heavy (non-hydrogen) atoms. The summed E-state index contributed by atoms with van der Waals surface area (Å²) in [5, 5.41) is 6.02. The van der Waals surface area contributed by atoms with Gasteiger partial charge in [0, 0.05) is 30.0 Å². The minimum absolute atomic E-state index is 0.0416. The maximum atomic E-state index is 11.9. The highest BCUT2D eigenvalue weighted by molar-refractivity contribution is 6.03. The van der Waals surface area contributed by atoms with Crippen molar-refractivity contribution in [1.29, 1.82) is 0 Å². The number of nitrogens with one attached hydrogen (secondary N) is 2. The van der Waals surface area contributed by atoms with Gasteiger partial charge in [0.2, 0.25) is 5.91 Å². The van der Waals surface area contributed by atoms with Gasteiger partial charge in [-0.3, -0.25) is 4.79 Å². The van der Waals surface area contributed by atoms with Crippen LogP contribution < -0.4 is 15.5 Å². The van der Waals surface area contributed by atoms with Crippen LogP contribution in [0.3, 0.4) is 0 Å². The summed E-state index contributed by atoms with van der Waals surface area (Å²) < 4.78 is 0. The Morgan fingerprint density at radius 1 is 1.25 bits per heavy atom. The maximum Gasteiger partial charge on any atom is 0.246 e. The molecule has 1 saturated carbocycles. The molecule has 0 aromatic heterocycles. The van der Waals surface area contributed by atoms with Gasteiger partial charge in [0.1, 0.15) is 6.04 Å². The first-order chi connectivity index (χ1) is 9.70. The van der Waals surface area contributed by atoms with E-state index in [2.05, 4.69) is 40.8 Å². The molecular weight excluding hydrogens is 250 g/mol. The van der Waals surface area contributed by atoms with Crippen LogP contribution in [0, 0.1) is 0 Å². The number of carbonyl (C=O) groups excluding carboxylic acids is 1. The molecule has 4 nitrogen and oxygen atoms in total. The quantitative estimate of drug-likeness (QED) is 0.890. The van der Waals surface area contributed by atoms with Crippen LogP contribution in [0.4, 0.5) is 11.4 Å². The zero-order chi connectivity index (χ0) is 14.1. The first-order valence-corrected chi connectivity index (χ1v) is 7.55. The average Bonchev–Trinajstić information content (AvgIpc) is 2.81. The van der Waals surface area contributed by atoms with Crippen LogP contribution in [0.1, 0.15) is 43.7 Å². The van der Waals surface area contributed by atoms with E-state index < -0.39 is 0 Å². The molecule has 1 atom stereocenters. The molecule has 2 aliphatic rings. The van der Waals surface area contributed by atoms with Gasteiger partial charge >= 0.3 is 0 Å². The zero-order valence-electron chi connectivity index (χ0n) is 12.3. The number of benzene rings is 1. The van der Waals surface area contributed by atoms with Gasteiger partial charge < -0.3 is 15.5 Å². The molecule has 3 rings (SSSR count). The van der Waals surface area contributed by atoms with E-state index in [1.807, 2.05) is 7.05 Å². The molecular formula is C16H23N3O. The SMILES string of the molecule is CNC1C(=O)Nc2cc(N(C)C3CCCCC3)ccc21. The van der Waals surface area contributed by atoms with E-state index in [-0.39, 0.29) is 11.9 Å². The molecule has 1 aromatic carbocycles. The van der Waals surface area contributed by atoms with Crippen LogP contribution in [0.25, 0.3) is 0 Å². The van der Waals surface area contributed by atoms with E-state index in [0.29, 0.717) is 6.04 Å². The highest BCUT2D eigenvalue weighted by Gasteiger charge is 2.29. The Bertz CT molecular complexity index is 508. The molecule has 0 saturated heterocycles. The average molecular weight is 273 g/mol. The van der Waals surface area contributed by atoms with Crippen molar-refractivity contribution in [1.82, 2.24) is 5.32 Å². The van der Waals surface area contributed by atoms with E-state index in [4.69, 9.17) is 0 Å². The minimum atomic E-state index is -0.209. The second-order valence-corrected chi connectivity index (χ2v) is 5.89. The number of fused-ring (bicyclic) bond motifs is 1. The van der Waals surface area contributed by atoms with E-state index in [1.54, 1.807) is 0 Å². The molecule has 1 fully saturated rings. The summed E-state index contributed by atoms with van der Waals surface area (Å²) >= 11 is 0. The summed E-state index contributed by atoms with van der Waals surface area (Å²) in [5.74, 6) is 0.0416. The Balaban J connectivity index is 1.82. The minimum Gasteiger partial charge on any atom is -0.372 e. The number of anilines is 2. The van der Waals surface area contributed by atoms with Crippen LogP contribution in [-0.4, -0.2) is 26.0 Å². The zero-order valence-corrected chi connectivity index (χ0v) is 12.3. The van der Waals surface area contributed by atoms with Gasteiger partial charge in [0.25, 0.3) is 0 Å². The van der Waals surface area contributed by atoms with Crippen molar-refractivity contribution >= 4 is 17.3 Å². The fraction of sp³-hybridized carbons (Fsp3) is 0.562.